The van der Waals surface area contributed by atoms with Gasteiger partial charge in [-0.25, -0.2) is 0 Å². The SMILES string of the molecule is OC(Cc1ccn(C2CCCCC2)n1)c1cccnc1. The van der Waals surface area contributed by atoms with Gasteiger partial charge < -0.3 is 5.11 Å². The molecule has 20 heavy (non-hydrogen) atoms. The van der Waals surface area contributed by atoms with Crippen molar-refractivity contribution in [1.82, 2.24) is 14.8 Å². The Morgan fingerprint density at radius 3 is 2.85 bits per heavy atom. The molecule has 4 heteroatoms. The Labute approximate surface area is 119 Å². The Hall–Kier alpha value is -1.68. The number of aromatic nitrogens is 3. The first kappa shape index (κ1) is 13.3. The second-order valence-corrected chi connectivity index (χ2v) is 5.59. The van der Waals surface area contributed by atoms with Gasteiger partial charge in [0.2, 0.25) is 0 Å². The summed E-state index contributed by atoms with van der Waals surface area (Å²) in [6.07, 6.45) is 11.9. The number of nitrogens with zero attached hydrogens (tertiary/aromatic N) is 3. The molecular formula is C16H21N3O. The molecule has 2 heterocycles. The van der Waals surface area contributed by atoms with Crippen molar-refractivity contribution in [3.05, 3.63) is 48.0 Å². The van der Waals surface area contributed by atoms with E-state index in [-0.39, 0.29) is 0 Å². The number of aliphatic hydroxyl groups excluding tert-OH is 1. The molecule has 1 saturated carbocycles. The average molecular weight is 271 g/mol. The van der Waals surface area contributed by atoms with Crippen LogP contribution in [0.15, 0.2) is 36.8 Å². The van der Waals surface area contributed by atoms with Gasteiger partial charge in [-0.3, -0.25) is 9.67 Å². The van der Waals surface area contributed by atoms with E-state index in [2.05, 4.69) is 21.0 Å². The largest absolute Gasteiger partial charge is 0.388 e. The third-order valence-electron chi connectivity index (χ3n) is 4.08. The first-order valence-electron chi connectivity index (χ1n) is 7.45. The molecule has 2 aromatic rings. The van der Waals surface area contributed by atoms with Crippen molar-refractivity contribution >= 4 is 0 Å². The topological polar surface area (TPSA) is 50.9 Å². The molecular weight excluding hydrogens is 250 g/mol. The van der Waals surface area contributed by atoms with Gasteiger partial charge in [-0.2, -0.15) is 5.10 Å². The Bertz CT molecular complexity index is 532. The number of aliphatic hydroxyl groups is 1. The molecule has 0 aliphatic heterocycles. The van der Waals surface area contributed by atoms with Crippen LogP contribution >= 0.6 is 0 Å². The van der Waals surface area contributed by atoms with Gasteiger partial charge in [0.1, 0.15) is 0 Å². The monoisotopic (exact) mass is 271 g/mol. The fraction of sp³-hybridized carbons (Fsp3) is 0.500. The summed E-state index contributed by atoms with van der Waals surface area (Å²) in [5.74, 6) is 0. The van der Waals surface area contributed by atoms with E-state index < -0.39 is 6.10 Å². The fourth-order valence-corrected chi connectivity index (χ4v) is 2.92. The zero-order chi connectivity index (χ0) is 13.8. The van der Waals surface area contributed by atoms with Crippen LogP contribution in [0.1, 0.15) is 55.5 Å². The number of hydrogen-bond acceptors (Lipinski definition) is 3. The number of pyridine rings is 1. The molecule has 1 aliphatic carbocycles. The van der Waals surface area contributed by atoms with Gasteiger partial charge >= 0.3 is 0 Å². The molecule has 0 aromatic carbocycles. The average Bonchev–Trinajstić information content (AvgIpc) is 2.97. The Kier molecular flexibility index (Phi) is 4.11. The van der Waals surface area contributed by atoms with E-state index in [1.54, 1.807) is 12.4 Å². The van der Waals surface area contributed by atoms with Gasteiger partial charge in [-0.05, 0) is 30.5 Å². The van der Waals surface area contributed by atoms with Gasteiger partial charge in [0, 0.05) is 25.0 Å². The summed E-state index contributed by atoms with van der Waals surface area (Å²) in [6, 6.07) is 6.32. The predicted molar refractivity (Wildman–Crippen MR) is 77.2 cm³/mol. The molecule has 1 N–H and O–H groups in total. The number of hydrogen-bond donors (Lipinski definition) is 1. The Morgan fingerprint density at radius 2 is 2.10 bits per heavy atom. The highest BCUT2D eigenvalue weighted by atomic mass is 16.3. The van der Waals surface area contributed by atoms with Crippen LogP contribution < -0.4 is 0 Å². The van der Waals surface area contributed by atoms with E-state index in [0.717, 1.165) is 11.3 Å². The summed E-state index contributed by atoms with van der Waals surface area (Å²) in [5, 5.41) is 14.8. The minimum atomic E-state index is -0.529. The molecule has 1 aliphatic rings. The lowest BCUT2D eigenvalue weighted by atomic mass is 9.96. The van der Waals surface area contributed by atoms with Crippen LogP contribution in [0.3, 0.4) is 0 Å². The first-order chi connectivity index (χ1) is 9.83. The van der Waals surface area contributed by atoms with Crippen molar-refractivity contribution in [3.8, 4) is 0 Å². The molecule has 1 unspecified atom stereocenters. The molecule has 3 rings (SSSR count). The summed E-state index contributed by atoms with van der Waals surface area (Å²) in [7, 11) is 0. The van der Waals surface area contributed by atoms with Gasteiger partial charge in [0.05, 0.1) is 17.8 Å². The fourth-order valence-electron chi connectivity index (χ4n) is 2.92. The van der Waals surface area contributed by atoms with E-state index >= 15 is 0 Å². The third-order valence-corrected chi connectivity index (χ3v) is 4.08. The highest BCUT2D eigenvalue weighted by Crippen LogP contribution is 2.27. The molecule has 0 bridgehead atoms. The lowest BCUT2D eigenvalue weighted by molar-refractivity contribution is 0.176. The van der Waals surface area contributed by atoms with Gasteiger partial charge in [-0.1, -0.05) is 25.3 Å². The zero-order valence-corrected chi connectivity index (χ0v) is 11.7. The van der Waals surface area contributed by atoms with E-state index in [1.807, 2.05) is 18.2 Å². The standard InChI is InChI=1S/C16H21N3O/c20-16(13-5-4-9-17-12-13)11-14-8-10-19(18-14)15-6-2-1-3-7-15/h4-5,8-10,12,15-16,20H,1-3,6-7,11H2. The minimum Gasteiger partial charge on any atom is -0.388 e. The maximum absolute atomic E-state index is 10.2. The highest BCUT2D eigenvalue weighted by molar-refractivity contribution is 5.14. The maximum atomic E-state index is 10.2. The van der Waals surface area contributed by atoms with Gasteiger partial charge in [0.25, 0.3) is 0 Å². The van der Waals surface area contributed by atoms with Crippen LogP contribution in [-0.2, 0) is 6.42 Å². The second-order valence-electron chi connectivity index (χ2n) is 5.59. The maximum Gasteiger partial charge on any atom is 0.0860 e. The van der Waals surface area contributed by atoms with Crippen molar-refractivity contribution < 1.29 is 5.11 Å². The highest BCUT2D eigenvalue weighted by Gasteiger charge is 2.17. The molecule has 0 radical (unpaired) electrons. The molecule has 0 amide bonds. The lowest BCUT2D eigenvalue weighted by Crippen LogP contribution is -2.13. The van der Waals surface area contributed by atoms with Crippen molar-refractivity contribution in [2.75, 3.05) is 0 Å². The summed E-state index contributed by atoms with van der Waals surface area (Å²) < 4.78 is 2.09. The second kappa shape index (κ2) is 6.18. The summed E-state index contributed by atoms with van der Waals surface area (Å²) >= 11 is 0. The van der Waals surface area contributed by atoms with Crippen LogP contribution in [0.2, 0.25) is 0 Å². The van der Waals surface area contributed by atoms with Crippen molar-refractivity contribution in [3.63, 3.8) is 0 Å². The summed E-state index contributed by atoms with van der Waals surface area (Å²) in [6.45, 7) is 0. The molecule has 0 saturated heterocycles. The van der Waals surface area contributed by atoms with Crippen LogP contribution in [0.4, 0.5) is 0 Å². The van der Waals surface area contributed by atoms with Crippen LogP contribution in [0.25, 0.3) is 0 Å². The quantitative estimate of drug-likeness (QED) is 0.929. The summed E-state index contributed by atoms with van der Waals surface area (Å²) in [4.78, 5) is 4.04. The predicted octanol–water partition coefficient (Wildman–Crippen LogP) is 3.06. The normalized spacial score (nSPS) is 18.1. The molecule has 2 aromatic heterocycles. The van der Waals surface area contributed by atoms with E-state index in [4.69, 9.17) is 0 Å². The molecule has 0 spiro atoms. The first-order valence-corrected chi connectivity index (χ1v) is 7.45. The van der Waals surface area contributed by atoms with Gasteiger partial charge in [0.15, 0.2) is 0 Å². The van der Waals surface area contributed by atoms with Crippen molar-refractivity contribution in [2.24, 2.45) is 0 Å². The third kappa shape index (κ3) is 3.07. The van der Waals surface area contributed by atoms with Crippen LogP contribution in [-0.4, -0.2) is 19.9 Å². The Morgan fingerprint density at radius 1 is 1.25 bits per heavy atom. The van der Waals surface area contributed by atoms with E-state index in [0.29, 0.717) is 12.5 Å². The minimum absolute atomic E-state index is 0.529. The Balaban J connectivity index is 1.65. The van der Waals surface area contributed by atoms with E-state index in [9.17, 15) is 5.11 Å². The molecule has 1 atom stereocenters. The zero-order valence-electron chi connectivity index (χ0n) is 11.7. The van der Waals surface area contributed by atoms with E-state index in [1.165, 1.54) is 32.1 Å². The lowest BCUT2D eigenvalue weighted by Gasteiger charge is -2.21. The molecule has 106 valence electrons. The van der Waals surface area contributed by atoms with Crippen LogP contribution in [0.5, 0.6) is 0 Å². The van der Waals surface area contributed by atoms with Gasteiger partial charge in [-0.15, -0.1) is 0 Å². The van der Waals surface area contributed by atoms with Crippen molar-refractivity contribution in [2.45, 2.75) is 50.7 Å². The molecule has 4 nitrogen and oxygen atoms in total. The number of rotatable bonds is 4. The van der Waals surface area contributed by atoms with Crippen molar-refractivity contribution in [1.29, 1.82) is 0 Å². The molecule has 1 fully saturated rings. The smallest absolute Gasteiger partial charge is 0.0860 e. The summed E-state index contributed by atoms with van der Waals surface area (Å²) in [5.41, 5.74) is 1.80. The van der Waals surface area contributed by atoms with Crippen LogP contribution in [0, 0.1) is 0 Å².